The number of ether oxygens (including phenoxy) is 1. The Morgan fingerprint density at radius 1 is 1.62 bits per heavy atom. The molecule has 1 aliphatic heterocycles. The van der Waals surface area contributed by atoms with Crippen molar-refractivity contribution in [3.05, 3.63) is 0 Å². The highest BCUT2D eigenvalue weighted by Crippen LogP contribution is 2.11. The predicted molar refractivity (Wildman–Crippen MR) is 56.3 cm³/mol. The van der Waals surface area contributed by atoms with Gasteiger partial charge in [0.25, 0.3) is 0 Å². The summed E-state index contributed by atoms with van der Waals surface area (Å²) in [5, 5.41) is 3.77. The van der Waals surface area contributed by atoms with E-state index in [1.807, 2.05) is 0 Å². The Morgan fingerprint density at radius 3 is 3.08 bits per heavy atom. The van der Waals surface area contributed by atoms with Gasteiger partial charge in [-0.25, -0.2) is 0 Å². The molecule has 0 bridgehead atoms. The Labute approximate surface area is 86.0 Å². The van der Waals surface area contributed by atoms with Crippen LogP contribution in [0.2, 0.25) is 0 Å². The summed E-state index contributed by atoms with van der Waals surface area (Å²) in [4.78, 5) is 0. The third-order valence-electron chi connectivity index (χ3n) is 2.53. The fourth-order valence-corrected chi connectivity index (χ4v) is 1.62. The maximum Gasteiger partial charge on any atom is 0.0507 e. The number of hydrogen-bond acceptors (Lipinski definition) is 2. The van der Waals surface area contributed by atoms with Crippen LogP contribution in [-0.2, 0) is 4.74 Å². The van der Waals surface area contributed by atoms with Crippen molar-refractivity contribution in [3.63, 3.8) is 0 Å². The molecule has 78 valence electrons. The number of nitrogens with one attached hydrogen (secondary N) is 1. The van der Waals surface area contributed by atoms with Crippen LogP contribution in [0.3, 0.4) is 0 Å². The van der Waals surface area contributed by atoms with Crippen molar-refractivity contribution in [3.8, 4) is 0 Å². The molecule has 2 nitrogen and oxygen atoms in total. The fraction of sp³-hybridized carbons (Fsp3) is 1.00. The molecule has 0 aromatic carbocycles. The number of halogens is 1. The van der Waals surface area contributed by atoms with Crippen LogP contribution >= 0.6 is 11.6 Å². The summed E-state index contributed by atoms with van der Waals surface area (Å²) in [6.45, 7) is 6.14. The van der Waals surface area contributed by atoms with Gasteiger partial charge in [-0.05, 0) is 31.7 Å². The molecule has 0 aromatic heterocycles. The van der Waals surface area contributed by atoms with Crippen molar-refractivity contribution in [2.45, 2.75) is 31.6 Å². The first-order chi connectivity index (χ1) is 6.33. The molecular weight excluding hydrogens is 186 g/mol. The summed E-state index contributed by atoms with van der Waals surface area (Å²) in [7, 11) is 0. The summed E-state index contributed by atoms with van der Waals surface area (Å²) in [6.07, 6.45) is 3.35. The van der Waals surface area contributed by atoms with Gasteiger partial charge in [0.05, 0.1) is 6.61 Å². The van der Waals surface area contributed by atoms with Crippen molar-refractivity contribution in [1.82, 2.24) is 5.32 Å². The lowest BCUT2D eigenvalue weighted by molar-refractivity contribution is 0.185. The molecule has 0 aromatic rings. The Kier molecular flexibility index (Phi) is 5.76. The van der Waals surface area contributed by atoms with E-state index in [4.69, 9.17) is 16.3 Å². The van der Waals surface area contributed by atoms with Crippen molar-refractivity contribution in [2.75, 3.05) is 26.3 Å². The van der Waals surface area contributed by atoms with E-state index in [0.29, 0.717) is 5.38 Å². The topological polar surface area (TPSA) is 21.3 Å². The fourth-order valence-electron chi connectivity index (χ4n) is 1.51. The smallest absolute Gasteiger partial charge is 0.0507 e. The summed E-state index contributed by atoms with van der Waals surface area (Å²) in [5.41, 5.74) is 0. The number of rotatable bonds is 6. The lowest BCUT2D eigenvalue weighted by Gasteiger charge is -2.10. The second-order valence-corrected chi connectivity index (χ2v) is 4.35. The van der Waals surface area contributed by atoms with Crippen molar-refractivity contribution >= 4 is 11.6 Å². The summed E-state index contributed by atoms with van der Waals surface area (Å²) < 4.78 is 5.29. The lowest BCUT2D eigenvalue weighted by atomic mass is 10.1. The second kappa shape index (κ2) is 6.63. The summed E-state index contributed by atoms with van der Waals surface area (Å²) in [6, 6.07) is 0. The largest absolute Gasteiger partial charge is 0.381 e. The van der Waals surface area contributed by atoms with Crippen LogP contribution in [0.15, 0.2) is 0 Å². The molecule has 2 unspecified atom stereocenters. The van der Waals surface area contributed by atoms with E-state index in [1.54, 1.807) is 0 Å². The minimum absolute atomic E-state index is 0.340. The maximum atomic E-state index is 6.00. The highest BCUT2D eigenvalue weighted by atomic mass is 35.5. The molecule has 0 amide bonds. The minimum atomic E-state index is 0.340. The van der Waals surface area contributed by atoms with Gasteiger partial charge in [-0.15, -0.1) is 11.6 Å². The molecule has 1 heterocycles. The minimum Gasteiger partial charge on any atom is -0.381 e. The van der Waals surface area contributed by atoms with E-state index in [-0.39, 0.29) is 0 Å². The summed E-state index contributed by atoms with van der Waals surface area (Å²) in [5.74, 6) is 0.732. The standard InChI is InChI=1S/C10H20ClNO/c1-2-10(11)3-5-12-7-9-4-6-13-8-9/h9-10,12H,2-8H2,1H3. The molecule has 1 N–H and O–H groups in total. The molecule has 1 saturated heterocycles. The normalized spacial score (nSPS) is 24.9. The monoisotopic (exact) mass is 205 g/mol. The van der Waals surface area contributed by atoms with E-state index in [2.05, 4.69) is 12.2 Å². The van der Waals surface area contributed by atoms with Gasteiger partial charge in [-0.1, -0.05) is 6.92 Å². The predicted octanol–water partition coefficient (Wildman–Crippen LogP) is 2.02. The molecule has 0 saturated carbocycles. The van der Waals surface area contributed by atoms with Crippen LogP contribution in [0.5, 0.6) is 0 Å². The van der Waals surface area contributed by atoms with Gasteiger partial charge in [0.1, 0.15) is 0 Å². The van der Waals surface area contributed by atoms with Crippen molar-refractivity contribution < 1.29 is 4.74 Å². The highest BCUT2D eigenvalue weighted by molar-refractivity contribution is 6.20. The number of hydrogen-bond donors (Lipinski definition) is 1. The molecular formula is C10H20ClNO. The van der Waals surface area contributed by atoms with Crippen molar-refractivity contribution in [2.24, 2.45) is 5.92 Å². The molecule has 0 spiro atoms. The first-order valence-electron chi connectivity index (χ1n) is 5.25. The van der Waals surface area contributed by atoms with Gasteiger partial charge < -0.3 is 10.1 Å². The van der Waals surface area contributed by atoms with E-state index >= 15 is 0 Å². The third kappa shape index (κ3) is 4.84. The molecule has 0 aliphatic carbocycles. The van der Waals surface area contributed by atoms with Gasteiger partial charge in [0.2, 0.25) is 0 Å². The van der Waals surface area contributed by atoms with Gasteiger partial charge in [-0.3, -0.25) is 0 Å². The van der Waals surface area contributed by atoms with E-state index in [1.165, 1.54) is 6.42 Å². The van der Waals surface area contributed by atoms with Gasteiger partial charge >= 0.3 is 0 Å². The summed E-state index contributed by atoms with van der Waals surface area (Å²) >= 11 is 6.00. The SMILES string of the molecule is CCC(Cl)CCNCC1CCOC1. The Bertz CT molecular complexity index is 126. The van der Waals surface area contributed by atoms with Crippen LogP contribution in [0.25, 0.3) is 0 Å². The Morgan fingerprint density at radius 2 is 2.46 bits per heavy atom. The molecule has 1 aliphatic rings. The second-order valence-electron chi connectivity index (χ2n) is 3.73. The van der Waals surface area contributed by atoms with E-state index in [0.717, 1.165) is 45.1 Å². The molecule has 1 fully saturated rings. The van der Waals surface area contributed by atoms with Crippen LogP contribution in [0, 0.1) is 5.92 Å². The zero-order valence-corrected chi connectivity index (χ0v) is 9.15. The first kappa shape index (κ1) is 11.3. The zero-order chi connectivity index (χ0) is 9.52. The Balaban J connectivity index is 1.88. The highest BCUT2D eigenvalue weighted by Gasteiger charge is 2.14. The van der Waals surface area contributed by atoms with E-state index < -0.39 is 0 Å². The van der Waals surface area contributed by atoms with Crippen molar-refractivity contribution in [1.29, 1.82) is 0 Å². The average molecular weight is 206 g/mol. The molecule has 1 rings (SSSR count). The van der Waals surface area contributed by atoms with Gasteiger partial charge in [0.15, 0.2) is 0 Å². The number of alkyl halides is 1. The van der Waals surface area contributed by atoms with E-state index in [9.17, 15) is 0 Å². The molecule has 3 heteroatoms. The molecule has 13 heavy (non-hydrogen) atoms. The maximum absolute atomic E-state index is 6.00. The zero-order valence-electron chi connectivity index (χ0n) is 8.39. The lowest BCUT2D eigenvalue weighted by Crippen LogP contribution is -2.25. The Hall–Kier alpha value is 0.210. The molecule has 2 atom stereocenters. The third-order valence-corrected chi connectivity index (χ3v) is 3.06. The van der Waals surface area contributed by atoms with Crippen LogP contribution < -0.4 is 5.32 Å². The molecule has 0 radical (unpaired) electrons. The average Bonchev–Trinajstić information content (AvgIpc) is 2.64. The van der Waals surface area contributed by atoms with Crippen LogP contribution in [0.1, 0.15) is 26.2 Å². The first-order valence-corrected chi connectivity index (χ1v) is 5.69. The van der Waals surface area contributed by atoms with Gasteiger partial charge in [-0.2, -0.15) is 0 Å². The quantitative estimate of drug-likeness (QED) is 0.529. The van der Waals surface area contributed by atoms with Crippen LogP contribution in [-0.4, -0.2) is 31.7 Å². The van der Waals surface area contributed by atoms with Gasteiger partial charge in [0, 0.05) is 18.5 Å². The van der Waals surface area contributed by atoms with Crippen LogP contribution in [0.4, 0.5) is 0 Å².